The lowest BCUT2D eigenvalue weighted by Gasteiger charge is -2.08. The number of aromatic nitrogens is 1. The first kappa shape index (κ1) is 15.8. The van der Waals surface area contributed by atoms with Crippen LogP contribution in [0.5, 0.6) is 0 Å². The quantitative estimate of drug-likeness (QED) is 0.889. The summed E-state index contributed by atoms with van der Waals surface area (Å²) in [4.78, 5) is 23.9. The summed E-state index contributed by atoms with van der Waals surface area (Å²) in [5, 5.41) is 9.15. The van der Waals surface area contributed by atoms with E-state index in [0.717, 1.165) is 0 Å². The van der Waals surface area contributed by atoms with E-state index in [1.54, 1.807) is 37.3 Å². The van der Waals surface area contributed by atoms with Gasteiger partial charge in [-0.2, -0.15) is 0 Å². The molecular formula is C16H19N3O3. The Bertz CT molecular complexity index is 660. The number of amides is 2. The second kappa shape index (κ2) is 6.89. The molecule has 1 aromatic heterocycles. The first-order chi connectivity index (χ1) is 10.5. The molecule has 0 aliphatic heterocycles. The molecule has 2 N–H and O–H groups in total. The maximum atomic E-state index is 12.0. The number of anilines is 1. The summed E-state index contributed by atoms with van der Waals surface area (Å²) in [6.07, 6.45) is 0. The van der Waals surface area contributed by atoms with Crippen LogP contribution in [0, 0.1) is 12.8 Å². The lowest BCUT2D eigenvalue weighted by Crippen LogP contribution is -2.27. The maximum absolute atomic E-state index is 12.0. The number of carbonyl (C=O) groups excluding carboxylic acids is 2. The molecule has 0 saturated carbocycles. The zero-order valence-electron chi connectivity index (χ0n) is 12.8. The Labute approximate surface area is 128 Å². The molecule has 6 nitrogen and oxygen atoms in total. The molecule has 22 heavy (non-hydrogen) atoms. The average molecular weight is 301 g/mol. The van der Waals surface area contributed by atoms with Gasteiger partial charge in [0.25, 0.3) is 11.8 Å². The molecule has 116 valence electrons. The van der Waals surface area contributed by atoms with Crippen LogP contribution in [0.1, 0.15) is 40.3 Å². The predicted molar refractivity (Wildman–Crippen MR) is 82.8 cm³/mol. The van der Waals surface area contributed by atoms with E-state index in [0.29, 0.717) is 35.2 Å². The van der Waals surface area contributed by atoms with Crippen molar-refractivity contribution in [3.8, 4) is 0 Å². The molecule has 0 radical (unpaired) electrons. The number of rotatable bonds is 5. The van der Waals surface area contributed by atoms with Gasteiger partial charge in [-0.1, -0.05) is 19.0 Å². The van der Waals surface area contributed by atoms with Gasteiger partial charge in [-0.05, 0) is 37.1 Å². The van der Waals surface area contributed by atoms with Crippen LogP contribution >= 0.6 is 0 Å². The molecule has 2 aromatic rings. The van der Waals surface area contributed by atoms with E-state index in [-0.39, 0.29) is 11.8 Å². The smallest absolute Gasteiger partial charge is 0.256 e. The molecule has 1 aromatic carbocycles. The normalized spacial score (nSPS) is 10.5. The first-order valence-electron chi connectivity index (χ1n) is 7.08. The minimum absolute atomic E-state index is 0.146. The minimum atomic E-state index is -0.303. The number of hydrogen-bond acceptors (Lipinski definition) is 4. The molecule has 0 saturated heterocycles. The maximum Gasteiger partial charge on any atom is 0.256 e. The monoisotopic (exact) mass is 301 g/mol. The zero-order chi connectivity index (χ0) is 16.1. The molecule has 0 spiro atoms. The molecule has 6 heteroatoms. The number of nitrogens with one attached hydrogen (secondary N) is 2. The highest BCUT2D eigenvalue weighted by Crippen LogP contribution is 2.10. The highest BCUT2D eigenvalue weighted by atomic mass is 16.5. The van der Waals surface area contributed by atoms with Gasteiger partial charge in [0.05, 0.1) is 0 Å². The second-order valence-corrected chi connectivity index (χ2v) is 5.46. The summed E-state index contributed by atoms with van der Waals surface area (Å²) < 4.78 is 4.88. The molecule has 0 aliphatic rings. The van der Waals surface area contributed by atoms with Crippen LogP contribution in [0.3, 0.4) is 0 Å². The predicted octanol–water partition coefficient (Wildman–Crippen LogP) is 2.62. The highest BCUT2D eigenvalue weighted by Gasteiger charge is 2.11. The Morgan fingerprint density at radius 3 is 2.23 bits per heavy atom. The van der Waals surface area contributed by atoms with E-state index in [2.05, 4.69) is 15.8 Å². The van der Waals surface area contributed by atoms with E-state index < -0.39 is 0 Å². The summed E-state index contributed by atoms with van der Waals surface area (Å²) in [6, 6.07) is 8.09. The Morgan fingerprint density at radius 2 is 1.73 bits per heavy atom. The molecule has 1 heterocycles. The molecular weight excluding hydrogens is 282 g/mol. The molecule has 2 amide bonds. The molecule has 0 fully saturated rings. The van der Waals surface area contributed by atoms with Crippen LogP contribution < -0.4 is 10.6 Å². The minimum Gasteiger partial charge on any atom is -0.360 e. The Balaban J connectivity index is 1.99. The van der Waals surface area contributed by atoms with Crippen LogP contribution in [0.15, 0.2) is 34.9 Å². The van der Waals surface area contributed by atoms with Crippen molar-refractivity contribution in [2.45, 2.75) is 20.8 Å². The van der Waals surface area contributed by atoms with Gasteiger partial charge < -0.3 is 15.2 Å². The van der Waals surface area contributed by atoms with Gasteiger partial charge in [-0.15, -0.1) is 0 Å². The summed E-state index contributed by atoms with van der Waals surface area (Å²) in [5.74, 6) is 0.920. The number of hydrogen-bond donors (Lipinski definition) is 2. The third-order valence-electron chi connectivity index (χ3n) is 2.95. The van der Waals surface area contributed by atoms with Gasteiger partial charge in [0, 0.05) is 23.7 Å². The average Bonchev–Trinajstić information content (AvgIpc) is 2.90. The van der Waals surface area contributed by atoms with Crippen LogP contribution in [0.4, 0.5) is 5.82 Å². The van der Waals surface area contributed by atoms with Gasteiger partial charge in [0.1, 0.15) is 5.76 Å². The van der Waals surface area contributed by atoms with E-state index in [9.17, 15) is 9.59 Å². The topological polar surface area (TPSA) is 84.2 Å². The fraction of sp³-hybridized carbons (Fsp3) is 0.312. The summed E-state index contributed by atoms with van der Waals surface area (Å²) >= 11 is 0. The van der Waals surface area contributed by atoms with Crippen molar-refractivity contribution in [1.82, 2.24) is 10.5 Å². The Kier molecular flexibility index (Phi) is 4.93. The third-order valence-corrected chi connectivity index (χ3v) is 2.95. The van der Waals surface area contributed by atoms with Crippen LogP contribution in [0.2, 0.25) is 0 Å². The van der Waals surface area contributed by atoms with Crippen molar-refractivity contribution in [2.75, 3.05) is 11.9 Å². The Morgan fingerprint density at radius 1 is 1.14 bits per heavy atom. The van der Waals surface area contributed by atoms with E-state index >= 15 is 0 Å². The van der Waals surface area contributed by atoms with Crippen molar-refractivity contribution < 1.29 is 14.1 Å². The molecule has 2 rings (SSSR count). The van der Waals surface area contributed by atoms with Gasteiger partial charge in [-0.25, -0.2) is 0 Å². The highest BCUT2D eigenvalue weighted by molar-refractivity contribution is 6.04. The number of carbonyl (C=O) groups is 2. The summed E-state index contributed by atoms with van der Waals surface area (Å²) in [6.45, 7) is 6.42. The lowest BCUT2D eigenvalue weighted by atomic mass is 10.1. The fourth-order valence-electron chi connectivity index (χ4n) is 1.79. The van der Waals surface area contributed by atoms with E-state index in [4.69, 9.17) is 4.52 Å². The zero-order valence-corrected chi connectivity index (χ0v) is 12.8. The fourth-order valence-corrected chi connectivity index (χ4v) is 1.79. The number of aryl methyl sites for hydroxylation is 1. The van der Waals surface area contributed by atoms with Crippen LogP contribution in [0.25, 0.3) is 0 Å². The van der Waals surface area contributed by atoms with Crippen molar-refractivity contribution in [3.05, 3.63) is 47.2 Å². The summed E-state index contributed by atoms with van der Waals surface area (Å²) in [7, 11) is 0. The standard InChI is InChI=1S/C16H19N3O3/c1-10(2)9-17-15(20)12-4-6-13(7-5-12)16(21)18-14-8-11(3)22-19-14/h4-8,10H,9H2,1-3H3,(H,17,20)(H,18,19,21). The largest absolute Gasteiger partial charge is 0.360 e. The first-order valence-corrected chi connectivity index (χ1v) is 7.08. The molecule has 0 atom stereocenters. The van der Waals surface area contributed by atoms with E-state index in [1.165, 1.54) is 0 Å². The molecule has 0 aliphatic carbocycles. The van der Waals surface area contributed by atoms with Gasteiger partial charge in [0.2, 0.25) is 0 Å². The van der Waals surface area contributed by atoms with Gasteiger partial charge >= 0.3 is 0 Å². The van der Waals surface area contributed by atoms with Gasteiger partial charge in [-0.3, -0.25) is 9.59 Å². The lowest BCUT2D eigenvalue weighted by molar-refractivity contribution is 0.0947. The molecule has 0 bridgehead atoms. The van der Waals surface area contributed by atoms with Gasteiger partial charge in [0.15, 0.2) is 5.82 Å². The number of benzene rings is 1. The van der Waals surface area contributed by atoms with Crippen molar-refractivity contribution >= 4 is 17.6 Å². The second-order valence-electron chi connectivity index (χ2n) is 5.46. The van der Waals surface area contributed by atoms with Crippen molar-refractivity contribution in [1.29, 1.82) is 0 Å². The SMILES string of the molecule is Cc1cc(NC(=O)c2ccc(C(=O)NCC(C)C)cc2)no1. The van der Waals surface area contributed by atoms with Crippen LogP contribution in [-0.2, 0) is 0 Å². The number of nitrogens with zero attached hydrogens (tertiary/aromatic N) is 1. The van der Waals surface area contributed by atoms with Crippen molar-refractivity contribution in [3.63, 3.8) is 0 Å². The van der Waals surface area contributed by atoms with Crippen molar-refractivity contribution in [2.24, 2.45) is 5.92 Å². The van der Waals surface area contributed by atoms with E-state index in [1.807, 2.05) is 13.8 Å². The summed E-state index contributed by atoms with van der Waals surface area (Å²) in [5.41, 5.74) is 0.968. The Hall–Kier alpha value is -2.63. The van der Waals surface area contributed by atoms with Crippen LogP contribution in [-0.4, -0.2) is 23.5 Å². The third kappa shape index (κ3) is 4.18. The molecule has 0 unspecified atom stereocenters.